The molecule has 0 spiro atoms. The van der Waals surface area contributed by atoms with Gasteiger partial charge in [0.15, 0.2) is 0 Å². The number of hydrogen-bond donors (Lipinski definition) is 1. The first-order valence-electron chi connectivity index (χ1n) is 11.8. The molecule has 34 heavy (non-hydrogen) atoms. The summed E-state index contributed by atoms with van der Waals surface area (Å²) in [7, 11) is -3.02. The molecule has 0 unspecified atom stereocenters. The highest BCUT2D eigenvalue weighted by atomic mass is 31.2. The van der Waals surface area contributed by atoms with E-state index in [1.54, 1.807) is 0 Å². The Morgan fingerprint density at radius 3 is 2.00 bits per heavy atom. The summed E-state index contributed by atoms with van der Waals surface area (Å²) in [5, 5.41) is 4.44. The summed E-state index contributed by atoms with van der Waals surface area (Å²) in [6.07, 6.45) is -0.0999. The van der Waals surface area contributed by atoms with Crippen molar-refractivity contribution in [2.24, 2.45) is 5.92 Å². The van der Waals surface area contributed by atoms with Gasteiger partial charge in [-0.25, -0.2) is 4.79 Å². The lowest BCUT2D eigenvalue weighted by Crippen LogP contribution is -2.35. The van der Waals surface area contributed by atoms with Crippen LogP contribution in [-0.2, 0) is 20.6 Å². The summed E-state index contributed by atoms with van der Waals surface area (Å²) < 4.78 is 26.4. The van der Waals surface area contributed by atoms with Crippen LogP contribution in [0.15, 0.2) is 91.0 Å². The molecule has 0 aromatic heterocycles. The number of amides is 1. The quantitative estimate of drug-likeness (QED) is 0.326. The molecule has 0 aliphatic carbocycles. The molecular weight excluding hydrogens is 445 g/mol. The second kappa shape index (κ2) is 11.0. The maximum absolute atomic E-state index is 14.9. The normalized spacial score (nSPS) is 19.1. The Kier molecular flexibility index (Phi) is 7.87. The maximum Gasteiger partial charge on any atom is 0.407 e. The molecule has 5 nitrogen and oxygen atoms in total. The van der Waals surface area contributed by atoms with Gasteiger partial charge < -0.3 is 19.4 Å². The highest BCUT2D eigenvalue weighted by Gasteiger charge is 2.55. The van der Waals surface area contributed by atoms with Crippen LogP contribution in [0.3, 0.4) is 0 Å². The van der Waals surface area contributed by atoms with Crippen molar-refractivity contribution in [3.05, 3.63) is 96.6 Å². The first kappa shape index (κ1) is 24.3. The van der Waals surface area contributed by atoms with E-state index in [9.17, 15) is 9.36 Å². The SMILES string of the molecule is CC[C@@H](C)[C@@H]([C@@H]1O[C@H]1COC(=O)NCc1ccccc1)P(=O)(c1ccccc1)c1ccccc1. The number of hydrogen-bond acceptors (Lipinski definition) is 4. The highest BCUT2D eigenvalue weighted by Crippen LogP contribution is 2.57. The average molecular weight is 478 g/mol. The lowest BCUT2D eigenvalue weighted by atomic mass is 10.0. The van der Waals surface area contributed by atoms with Crippen molar-refractivity contribution in [1.29, 1.82) is 0 Å². The van der Waals surface area contributed by atoms with E-state index in [1.165, 1.54) is 0 Å². The Hall–Kier alpha value is -2.88. The fourth-order valence-corrected chi connectivity index (χ4v) is 8.31. The van der Waals surface area contributed by atoms with Gasteiger partial charge in [-0.2, -0.15) is 0 Å². The smallest absolute Gasteiger partial charge is 0.407 e. The Bertz CT molecular complexity index is 1060. The second-order valence-electron chi connectivity index (χ2n) is 8.78. The summed E-state index contributed by atoms with van der Waals surface area (Å²) >= 11 is 0. The predicted molar refractivity (Wildman–Crippen MR) is 136 cm³/mol. The summed E-state index contributed by atoms with van der Waals surface area (Å²) in [6.45, 7) is 4.79. The Morgan fingerprint density at radius 2 is 1.47 bits per heavy atom. The fourth-order valence-electron chi connectivity index (χ4n) is 4.49. The van der Waals surface area contributed by atoms with E-state index in [-0.39, 0.29) is 30.4 Å². The first-order chi connectivity index (χ1) is 16.5. The molecule has 3 aromatic rings. The number of rotatable bonds is 10. The molecular formula is C28H32NO4P. The van der Waals surface area contributed by atoms with Crippen LogP contribution in [0.4, 0.5) is 4.79 Å². The molecule has 0 saturated carbocycles. The summed E-state index contributed by atoms with van der Waals surface area (Å²) in [4.78, 5) is 12.2. The largest absolute Gasteiger partial charge is 0.447 e. The van der Waals surface area contributed by atoms with Gasteiger partial charge in [-0.05, 0) is 11.5 Å². The third-order valence-electron chi connectivity index (χ3n) is 6.54. The third kappa shape index (κ3) is 5.43. The van der Waals surface area contributed by atoms with E-state index in [0.717, 1.165) is 22.6 Å². The Morgan fingerprint density at radius 1 is 0.941 bits per heavy atom. The summed E-state index contributed by atoms with van der Waals surface area (Å²) in [5.74, 6) is 0.160. The van der Waals surface area contributed by atoms with Crippen molar-refractivity contribution >= 4 is 23.8 Å². The predicted octanol–water partition coefficient (Wildman–Crippen LogP) is 5.11. The average Bonchev–Trinajstić information content (AvgIpc) is 3.66. The zero-order valence-electron chi connectivity index (χ0n) is 19.7. The molecule has 6 heteroatoms. The fraction of sp³-hybridized carbons (Fsp3) is 0.321. The molecule has 1 heterocycles. The molecule has 1 N–H and O–H groups in total. The molecule has 178 valence electrons. The second-order valence-corrected chi connectivity index (χ2v) is 11.7. The number of nitrogens with one attached hydrogen (secondary N) is 1. The lowest BCUT2D eigenvalue weighted by Gasteiger charge is -2.32. The van der Waals surface area contributed by atoms with Gasteiger partial charge in [0.2, 0.25) is 0 Å². The molecule has 1 aliphatic rings. The third-order valence-corrected chi connectivity index (χ3v) is 10.3. The van der Waals surface area contributed by atoms with Crippen molar-refractivity contribution in [3.63, 3.8) is 0 Å². The van der Waals surface area contributed by atoms with E-state index < -0.39 is 13.2 Å². The van der Waals surface area contributed by atoms with Gasteiger partial charge in [0.05, 0.1) is 11.8 Å². The van der Waals surface area contributed by atoms with Gasteiger partial charge in [-0.15, -0.1) is 0 Å². The van der Waals surface area contributed by atoms with Crippen molar-refractivity contribution in [2.75, 3.05) is 6.61 Å². The number of ether oxygens (including phenoxy) is 2. The molecule has 3 aromatic carbocycles. The van der Waals surface area contributed by atoms with E-state index >= 15 is 0 Å². The van der Waals surface area contributed by atoms with Crippen LogP contribution in [-0.4, -0.2) is 30.6 Å². The van der Waals surface area contributed by atoms with E-state index in [4.69, 9.17) is 9.47 Å². The first-order valence-corrected chi connectivity index (χ1v) is 13.6. The number of carbonyl (C=O) groups is 1. The van der Waals surface area contributed by atoms with E-state index in [0.29, 0.717) is 6.54 Å². The highest BCUT2D eigenvalue weighted by molar-refractivity contribution is 7.79. The zero-order valence-corrected chi connectivity index (χ0v) is 20.6. The van der Waals surface area contributed by atoms with Crippen LogP contribution in [0.1, 0.15) is 25.8 Å². The van der Waals surface area contributed by atoms with Gasteiger partial charge in [-0.3, -0.25) is 0 Å². The summed E-state index contributed by atoms with van der Waals surface area (Å²) in [6, 6.07) is 29.1. The van der Waals surface area contributed by atoms with Crippen LogP contribution < -0.4 is 15.9 Å². The monoisotopic (exact) mass is 477 g/mol. The van der Waals surface area contributed by atoms with E-state index in [2.05, 4.69) is 19.2 Å². The van der Waals surface area contributed by atoms with E-state index in [1.807, 2.05) is 91.0 Å². The number of carbonyl (C=O) groups excluding carboxylic acids is 1. The van der Waals surface area contributed by atoms with Gasteiger partial charge in [0, 0.05) is 17.2 Å². The van der Waals surface area contributed by atoms with Gasteiger partial charge in [0.25, 0.3) is 0 Å². The van der Waals surface area contributed by atoms with Crippen LogP contribution in [0.25, 0.3) is 0 Å². The van der Waals surface area contributed by atoms with Crippen molar-refractivity contribution in [3.8, 4) is 0 Å². The molecule has 1 saturated heterocycles. The number of epoxide rings is 1. The standard InChI is InChI=1S/C28H32NO4P/c1-3-21(2)27(34(31,23-15-9-5-10-16-23)24-17-11-6-12-18-24)26-25(33-26)20-32-28(30)29-19-22-13-7-4-8-14-22/h4-18,21,25-27H,3,19-20H2,1-2H3,(H,29,30)/t21-,25+,26-,27+/m1/s1. The zero-order chi connectivity index (χ0) is 24.0. The molecule has 4 rings (SSSR count). The van der Waals surface area contributed by atoms with Crippen molar-refractivity contribution < 1.29 is 18.8 Å². The van der Waals surface area contributed by atoms with Gasteiger partial charge in [0.1, 0.15) is 19.9 Å². The number of benzene rings is 3. The molecule has 0 bridgehead atoms. The van der Waals surface area contributed by atoms with Crippen LogP contribution in [0.5, 0.6) is 0 Å². The van der Waals surface area contributed by atoms with Gasteiger partial charge >= 0.3 is 6.09 Å². The topological polar surface area (TPSA) is 67.9 Å². The minimum Gasteiger partial charge on any atom is -0.447 e. The van der Waals surface area contributed by atoms with Crippen molar-refractivity contribution in [1.82, 2.24) is 5.32 Å². The van der Waals surface area contributed by atoms with Gasteiger partial charge in [-0.1, -0.05) is 111 Å². The minimum absolute atomic E-state index is 0.141. The molecule has 4 atom stereocenters. The molecule has 1 aliphatic heterocycles. The minimum atomic E-state index is -3.02. The maximum atomic E-state index is 14.9. The van der Waals surface area contributed by atoms with Crippen LogP contribution >= 0.6 is 7.14 Å². The molecule has 1 amide bonds. The summed E-state index contributed by atoms with van der Waals surface area (Å²) in [5.41, 5.74) is 0.798. The Balaban J connectivity index is 1.48. The number of alkyl carbamates (subject to hydrolysis) is 1. The molecule has 1 fully saturated rings. The van der Waals surface area contributed by atoms with Crippen molar-refractivity contribution in [2.45, 2.75) is 44.7 Å². The Labute approximate surface area is 201 Å². The van der Waals surface area contributed by atoms with Crippen LogP contribution in [0.2, 0.25) is 0 Å². The van der Waals surface area contributed by atoms with Crippen LogP contribution in [0, 0.1) is 5.92 Å². The molecule has 0 radical (unpaired) electrons. The lowest BCUT2D eigenvalue weighted by molar-refractivity contribution is 0.135.